The number of carbonyl (C=O) groups is 1. The first kappa shape index (κ1) is 21.3. The molecule has 9 heteroatoms. The van der Waals surface area contributed by atoms with Crippen LogP contribution in [0, 0.1) is 0 Å². The molecule has 2 aliphatic rings. The summed E-state index contributed by atoms with van der Waals surface area (Å²) in [5.41, 5.74) is 3.35. The number of anilines is 1. The molecule has 0 bridgehead atoms. The van der Waals surface area contributed by atoms with E-state index in [1.165, 1.54) is 24.0 Å². The Labute approximate surface area is 201 Å². The highest BCUT2D eigenvalue weighted by molar-refractivity contribution is 7.92. The lowest BCUT2D eigenvalue weighted by Gasteiger charge is -2.14. The number of fused-ring (bicyclic) bond motifs is 1. The second-order valence-electron chi connectivity index (χ2n) is 8.92. The zero-order valence-electron chi connectivity index (χ0n) is 18.1. The lowest BCUT2D eigenvalue weighted by atomic mass is 10.00. The largest absolute Gasteiger partial charge is 0.346 e. The Hall–Kier alpha value is -3.23. The fraction of sp³-hybridized carbons (Fsp3) is 0.240. The van der Waals surface area contributed by atoms with Crippen molar-refractivity contribution in [2.45, 2.75) is 42.4 Å². The van der Waals surface area contributed by atoms with Crippen LogP contribution in [-0.4, -0.2) is 29.2 Å². The number of hydrogen-bond acceptors (Lipinski definition) is 5. The first-order chi connectivity index (χ1) is 16.4. The molecular weight excluding hydrogens is 472 g/mol. The van der Waals surface area contributed by atoms with Crippen LogP contribution in [0.3, 0.4) is 0 Å². The summed E-state index contributed by atoms with van der Waals surface area (Å²) < 4.78 is 29.3. The number of halogens is 1. The van der Waals surface area contributed by atoms with Crippen LogP contribution in [0.1, 0.15) is 64.7 Å². The van der Waals surface area contributed by atoms with Crippen LogP contribution >= 0.6 is 11.6 Å². The van der Waals surface area contributed by atoms with E-state index in [4.69, 9.17) is 11.6 Å². The predicted molar refractivity (Wildman–Crippen MR) is 130 cm³/mol. The van der Waals surface area contributed by atoms with Crippen LogP contribution in [-0.2, 0) is 10.0 Å². The molecule has 2 saturated carbocycles. The molecule has 0 atom stereocenters. The van der Waals surface area contributed by atoms with Gasteiger partial charge < -0.3 is 4.98 Å². The molecule has 3 aromatic heterocycles. The van der Waals surface area contributed by atoms with E-state index in [-0.39, 0.29) is 21.3 Å². The van der Waals surface area contributed by atoms with Crippen molar-refractivity contribution >= 4 is 44.1 Å². The number of sulfonamides is 1. The third kappa shape index (κ3) is 3.86. The van der Waals surface area contributed by atoms with Crippen LogP contribution in [0.2, 0.25) is 5.02 Å². The molecule has 0 unspecified atom stereocenters. The predicted octanol–water partition coefficient (Wildman–Crippen LogP) is 5.40. The monoisotopic (exact) mass is 492 g/mol. The molecule has 0 saturated heterocycles. The quantitative estimate of drug-likeness (QED) is 0.336. The summed E-state index contributed by atoms with van der Waals surface area (Å²) in [7, 11) is -3.97. The van der Waals surface area contributed by atoms with Gasteiger partial charge in [-0.15, -0.1) is 0 Å². The maximum atomic E-state index is 13.4. The van der Waals surface area contributed by atoms with Crippen molar-refractivity contribution in [1.29, 1.82) is 0 Å². The standard InChI is InChI=1S/C25H21ClN4O3S/c26-16-11-22(23(29-13-16)24(31)19-7-9-27-25-20(19)8-10-28-25)30-34(32,33)17-5-6-18(14-1-2-14)21(12-17)15-3-4-15/h5-15,30H,1-4H2,(H,27,28). The molecule has 0 spiro atoms. The summed E-state index contributed by atoms with van der Waals surface area (Å²) in [6.07, 6.45) is 9.04. The van der Waals surface area contributed by atoms with E-state index in [1.54, 1.807) is 30.5 Å². The van der Waals surface area contributed by atoms with Gasteiger partial charge in [0, 0.05) is 29.5 Å². The Balaban J connectivity index is 1.38. The summed E-state index contributed by atoms with van der Waals surface area (Å²) in [4.78, 5) is 24.9. The molecule has 2 aliphatic carbocycles. The van der Waals surface area contributed by atoms with E-state index in [1.807, 2.05) is 6.07 Å². The van der Waals surface area contributed by atoms with Gasteiger partial charge in [-0.2, -0.15) is 0 Å². The lowest BCUT2D eigenvalue weighted by molar-refractivity contribution is 0.103. The Kier molecular flexibility index (Phi) is 4.97. The smallest absolute Gasteiger partial charge is 0.261 e. The highest BCUT2D eigenvalue weighted by atomic mass is 35.5. The van der Waals surface area contributed by atoms with Crippen molar-refractivity contribution in [3.8, 4) is 0 Å². The van der Waals surface area contributed by atoms with Gasteiger partial charge in [-0.3, -0.25) is 9.52 Å². The SMILES string of the molecule is O=C(c1ncc(Cl)cc1NS(=O)(=O)c1ccc(C2CC2)c(C2CC2)c1)c1ccnc2[nH]ccc12. The van der Waals surface area contributed by atoms with Gasteiger partial charge in [0.05, 0.1) is 15.6 Å². The molecule has 2 N–H and O–H groups in total. The highest BCUT2D eigenvalue weighted by Gasteiger charge is 2.34. The van der Waals surface area contributed by atoms with E-state index in [0.717, 1.165) is 31.2 Å². The second kappa shape index (κ2) is 7.92. The average Bonchev–Trinajstić information content (AvgIpc) is 3.75. The molecule has 0 aliphatic heterocycles. The molecule has 34 heavy (non-hydrogen) atoms. The van der Waals surface area contributed by atoms with Gasteiger partial charge in [0.2, 0.25) is 5.78 Å². The van der Waals surface area contributed by atoms with Gasteiger partial charge in [0.1, 0.15) is 11.3 Å². The zero-order chi connectivity index (χ0) is 23.4. The number of nitrogens with zero attached hydrogens (tertiary/aromatic N) is 2. The number of H-pyrrole nitrogens is 1. The lowest BCUT2D eigenvalue weighted by Crippen LogP contribution is -2.17. The molecule has 2 fully saturated rings. The summed E-state index contributed by atoms with van der Waals surface area (Å²) >= 11 is 6.13. The average molecular weight is 493 g/mol. The maximum absolute atomic E-state index is 13.4. The summed E-state index contributed by atoms with van der Waals surface area (Å²) in [6, 6.07) is 10.1. The van der Waals surface area contributed by atoms with Gasteiger partial charge in [0.15, 0.2) is 0 Å². The Morgan fingerprint density at radius 3 is 2.53 bits per heavy atom. The molecule has 7 nitrogen and oxygen atoms in total. The molecule has 6 rings (SSSR count). The van der Waals surface area contributed by atoms with Crippen LogP contribution < -0.4 is 4.72 Å². The van der Waals surface area contributed by atoms with Crippen LogP contribution in [0.4, 0.5) is 5.69 Å². The van der Waals surface area contributed by atoms with Crippen molar-refractivity contribution in [3.05, 3.63) is 82.4 Å². The summed E-state index contributed by atoms with van der Waals surface area (Å²) in [6.45, 7) is 0. The number of aromatic amines is 1. The molecule has 1 aromatic carbocycles. The van der Waals surface area contributed by atoms with Gasteiger partial charge in [-0.1, -0.05) is 17.7 Å². The normalized spacial score (nSPS) is 16.0. The number of pyridine rings is 2. The minimum Gasteiger partial charge on any atom is -0.346 e. The van der Waals surface area contributed by atoms with Crippen molar-refractivity contribution in [2.75, 3.05) is 4.72 Å². The molecule has 172 valence electrons. The minimum atomic E-state index is -3.97. The van der Waals surface area contributed by atoms with Crippen LogP contribution in [0.15, 0.2) is 59.9 Å². The van der Waals surface area contributed by atoms with Crippen molar-refractivity contribution in [2.24, 2.45) is 0 Å². The number of nitrogens with one attached hydrogen (secondary N) is 2. The third-order valence-electron chi connectivity index (χ3n) is 6.42. The van der Waals surface area contributed by atoms with Crippen molar-refractivity contribution < 1.29 is 13.2 Å². The number of carbonyl (C=O) groups excluding carboxylic acids is 1. The van der Waals surface area contributed by atoms with Crippen LogP contribution in [0.5, 0.6) is 0 Å². The van der Waals surface area contributed by atoms with E-state index in [0.29, 0.717) is 28.4 Å². The fourth-order valence-electron chi connectivity index (χ4n) is 4.42. The van der Waals surface area contributed by atoms with E-state index in [2.05, 4.69) is 19.7 Å². The van der Waals surface area contributed by atoms with Gasteiger partial charge >= 0.3 is 0 Å². The Morgan fingerprint density at radius 2 is 1.76 bits per heavy atom. The molecule has 0 radical (unpaired) electrons. The second-order valence-corrected chi connectivity index (χ2v) is 11.0. The number of hydrogen-bond donors (Lipinski definition) is 2. The first-order valence-corrected chi connectivity index (χ1v) is 13.1. The molecule has 4 aromatic rings. The van der Waals surface area contributed by atoms with E-state index in [9.17, 15) is 13.2 Å². The van der Waals surface area contributed by atoms with Crippen molar-refractivity contribution in [3.63, 3.8) is 0 Å². The molecular formula is C25H21ClN4O3S. The van der Waals surface area contributed by atoms with Crippen LogP contribution in [0.25, 0.3) is 11.0 Å². The third-order valence-corrected chi connectivity index (χ3v) is 7.99. The summed E-state index contributed by atoms with van der Waals surface area (Å²) in [5, 5.41) is 0.848. The zero-order valence-corrected chi connectivity index (χ0v) is 19.7. The maximum Gasteiger partial charge on any atom is 0.261 e. The van der Waals surface area contributed by atoms with E-state index < -0.39 is 15.8 Å². The number of rotatable bonds is 7. The topological polar surface area (TPSA) is 105 Å². The van der Waals surface area contributed by atoms with Gasteiger partial charge in [-0.05, 0) is 79.0 Å². The van der Waals surface area contributed by atoms with Crippen molar-refractivity contribution in [1.82, 2.24) is 15.0 Å². The fourth-order valence-corrected chi connectivity index (χ4v) is 5.67. The summed E-state index contributed by atoms with van der Waals surface area (Å²) in [5.74, 6) is 0.558. The van der Waals surface area contributed by atoms with Gasteiger partial charge in [0.25, 0.3) is 10.0 Å². The molecule has 3 heterocycles. The minimum absolute atomic E-state index is 0.0290. The Bertz CT molecular complexity index is 1560. The number of aromatic nitrogens is 3. The number of ketones is 1. The van der Waals surface area contributed by atoms with E-state index >= 15 is 0 Å². The van der Waals surface area contributed by atoms with Gasteiger partial charge in [-0.25, -0.2) is 18.4 Å². The first-order valence-electron chi connectivity index (χ1n) is 11.2. The molecule has 0 amide bonds. The number of benzene rings is 1. The Morgan fingerprint density at radius 1 is 1.00 bits per heavy atom. The highest BCUT2D eigenvalue weighted by Crippen LogP contribution is 2.49.